The van der Waals surface area contributed by atoms with E-state index in [1.54, 1.807) is 36.7 Å². The van der Waals surface area contributed by atoms with E-state index < -0.39 is 0 Å². The quantitative estimate of drug-likeness (QED) is 0.532. The maximum Gasteiger partial charge on any atom is 0.327 e. The van der Waals surface area contributed by atoms with Gasteiger partial charge < -0.3 is 4.74 Å². The number of hydrogen-bond donors (Lipinski definition) is 0. The highest BCUT2D eigenvalue weighted by molar-refractivity contribution is 8.23. The molecule has 0 saturated carbocycles. The van der Waals surface area contributed by atoms with Crippen molar-refractivity contribution in [2.75, 3.05) is 13.2 Å². The molecule has 0 N–H and O–H groups in total. The zero-order chi connectivity index (χ0) is 9.52. The van der Waals surface area contributed by atoms with Gasteiger partial charge in [-0.25, -0.2) is 0 Å². The number of hydrogen-bond acceptors (Lipinski definition) is 5. The molecule has 0 unspecified atom stereocenters. The van der Waals surface area contributed by atoms with Crippen LogP contribution in [0.25, 0.3) is 0 Å². The average molecular weight is 217 g/mol. The number of rotatable bonds is 4. The van der Waals surface area contributed by atoms with Crippen LogP contribution in [-0.2, 0) is 9.53 Å². The van der Waals surface area contributed by atoms with Crippen LogP contribution in [0.5, 0.6) is 0 Å². The van der Waals surface area contributed by atoms with Gasteiger partial charge in [0.05, 0.1) is 11.2 Å². The van der Waals surface area contributed by atoms with E-state index >= 15 is 0 Å². The van der Waals surface area contributed by atoms with Crippen molar-refractivity contribution in [1.82, 2.24) is 0 Å². The fourth-order valence-electron chi connectivity index (χ4n) is 0.741. The van der Waals surface area contributed by atoms with Crippen LogP contribution in [0.2, 0.25) is 0 Å². The largest absolute Gasteiger partial charge is 0.465 e. The first-order chi connectivity index (χ1) is 6.33. The Hall–Kier alpha value is -0.420. The first-order valence-electron chi connectivity index (χ1n) is 3.94. The van der Waals surface area contributed by atoms with E-state index in [0.717, 1.165) is 0 Å². The second-order valence-corrected chi connectivity index (χ2v) is 4.61. The maximum absolute atomic E-state index is 10.9. The molecule has 0 aromatic rings. The molecule has 0 spiro atoms. The number of nitrogens with zero attached hydrogens (tertiary/aromatic N) is 1. The first-order valence-corrected chi connectivity index (χ1v) is 5.83. The number of ether oxygens (including phenoxy) is 1. The lowest BCUT2D eigenvalue weighted by molar-refractivity contribution is -0.141. The third-order valence-electron chi connectivity index (χ3n) is 1.23. The highest BCUT2D eigenvalue weighted by atomic mass is 32.2. The van der Waals surface area contributed by atoms with Crippen LogP contribution in [-0.4, -0.2) is 29.9 Å². The van der Waals surface area contributed by atoms with Crippen LogP contribution in [0.3, 0.4) is 0 Å². The summed E-state index contributed by atoms with van der Waals surface area (Å²) < 4.78 is 5.05. The van der Waals surface area contributed by atoms with Gasteiger partial charge >= 0.3 is 5.97 Å². The summed E-state index contributed by atoms with van der Waals surface area (Å²) in [5, 5.41) is 4.04. The maximum atomic E-state index is 10.9. The molecule has 3 nitrogen and oxygen atoms in total. The van der Waals surface area contributed by atoms with Crippen LogP contribution >= 0.6 is 23.5 Å². The normalized spacial score (nSPS) is 17.0. The van der Waals surface area contributed by atoms with Crippen molar-refractivity contribution in [3.8, 4) is 0 Å². The lowest BCUT2D eigenvalue weighted by Gasteiger charge is -1.99. The highest BCUT2D eigenvalue weighted by Crippen LogP contribution is 2.31. The summed E-state index contributed by atoms with van der Waals surface area (Å²) in [7, 11) is 0. The topological polar surface area (TPSA) is 38.7 Å². The third-order valence-corrected chi connectivity index (χ3v) is 3.44. The zero-order valence-electron chi connectivity index (χ0n) is 7.30. The van der Waals surface area contributed by atoms with Gasteiger partial charge in [-0.2, -0.15) is 0 Å². The number of esters is 1. The van der Waals surface area contributed by atoms with Crippen LogP contribution in [0.4, 0.5) is 0 Å². The molecule has 0 radical (unpaired) electrons. The molecule has 0 amide bonds. The van der Waals surface area contributed by atoms with E-state index in [9.17, 15) is 4.79 Å². The molecule has 0 fully saturated rings. The fraction of sp³-hybridized carbons (Fsp3) is 0.500. The van der Waals surface area contributed by atoms with Gasteiger partial charge in [0.2, 0.25) is 0 Å². The summed E-state index contributed by atoms with van der Waals surface area (Å²) in [6.45, 7) is 2.34. The summed E-state index contributed by atoms with van der Waals surface area (Å²) in [5.41, 5.74) is 0. The third kappa shape index (κ3) is 4.38. The summed E-state index contributed by atoms with van der Waals surface area (Å²) >= 11 is 3.38. The van der Waals surface area contributed by atoms with Gasteiger partial charge in [-0.15, -0.1) is 23.5 Å². The minimum Gasteiger partial charge on any atom is -0.465 e. The number of carbonyl (C=O) groups excluding carboxylic acids is 1. The molecule has 0 atom stereocenters. The Morgan fingerprint density at radius 2 is 2.31 bits per heavy atom. The molecule has 1 heterocycles. The summed E-state index contributed by atoms with van der Waals surface area (Å²) in [6.07, 6.45) is 1.78. The Morgan fingerprint density at radius 3 is 2.92 bits per heavy atom. The second-order valence-electron chi connectivity index (χ2n) is 2.21. The van der Waals surface area contributed by atoms with Crippen molar-refractivity contribution in [3.63, 3.8) is 0 Å². The fourth-order valence-corrected chi connectivity index (χ4v) is 2.52. The molecule has 5 heteroatoms. The van der Waals surface area contributed by atoms with E-state index in [4.69, 9.17) is 4.74 Å². The van der Waals surface area contributed by atoms with Gasteiger partial charge in [-0.1, -0.05) is 0 Å². The molecule has 0 aromatic heterocycles. The highest BCUT2D eigenvalue weighted by Gasteiger charge is 2.08. The Morgan fingerprint density at radius 1 is 1.62 bits per heavy atom. The first kappa shape index (κ1) is 10.7. The molecule has 72 valence electrons. The SMILES string of the molecule is CCOC(=O)CN=CC1SC=CS1. The Kier molecular flexibility index (Phi) is 5.00. The van der Waals surface area contributed by atoms with E-state index in [0.29, 0.717) is 11.2 Å². The van der Waals surface area contributed by atoms with Gasteiger partial charge in [-0.3, -0.25) is 9.79 Å². The molecular formula is C8H11NO2S2. The zero-order valence-corrected chi connectivity index (χ0v) is 8.94. The van der Waals surface area contributed by atoms with Crippen LogP contribution in [0, 0.1) is 0 Å². The van der Waals surface area contributed by atoms with Crippen molar-refractivity contribution in [3.05, 3.63) is 10.8 Å². The minimum atomic E-state index is -0.264. The van der Waals surface area contributed by atoms with E-state index in [2.05, 4.69) is 4.99 Å². The monoisotopic (exact) mass is 217 g/mol. The van der Waals surface area contributed by atoms with Crippen molar-refractivity contribution < 1.29 is 9.53 Å². The van der Waals surface area contributed by atoms with Crippen molar-refractivity contribution in [2.24, 2.45) is 4.99 Å². The summed E-state index contributed by atoms with van der Waals surface area (Å²) in [4.78, 5) is 14.8. The predicted molar refractivity (Wildman–Crippen MR) is 58.1 cm³/mol. The predicted octanol–water partition coefficient (Wildman–Crippen LogP) is 1.90. The minimum absolute atomic E-state index is 0.130. The van der Waals surface area contributed by atoms with Gasteiger partial charge in [0.25, 0.3) is 0 Å². The summed E-state index contributed by atoms with van der Waals surface area (Å²) in [6, 6.07) is 0. The van der Waals surface area contributed by atoms with E-state index in [-0.39, 0.29) is 12.5 Å². The molecule has 0 bridgehead atoms. The van der Waals surface area contributed by atoms with Gasteiger partial charge in [-0.05, 0) is 17.7 Å². The van der Waals surface area contributed by atoms with Gasteiger partial charge in [0.15, 0.2) is 0 Å². The van der Waals surface area contributed by atoms with Crippen LogP contribution in [0.1, 0.15) is 6.92 Å². The van der Waals surface area contributed by atoms with Crippen molar-refractivity contribution in [2.45, 2.75) is 11.5 Å². The lowest BCUT2D eigenvalue weighted by Crippen LogP contribution is -2.08. The smallest absolute Gasteiger partial charge is 0.327 e. The standard InChI is InChI=1S/C8H11NO2S2/c1-2-11-7(10)5-9-6-8-12-3-4-13-8/h3-4,6,8H,2,5H2,1H3. The number of thioether (sulfide) groups is 2. The molecule has 0 aromatic carbocycles. The molecular weight excluding hydrogens is 206 g/mol. The number of carbonyl (C=O) groups is 1. The van der Waals surface area contributed by atoms with Crippen LogP contribution < -0.4 is 0 Å². The van der Waals surface area contributed by atoms with Gasteiger partial charge in [0.1, 0.15) is 6.54 Å². The Bertz CT molecular complexity index is 220. The van der Waals surface area contributed by atoms with Crippen LogP contribution in [0.15, 0.2) is 15.8 Å². The Labute approximate surface area is 86.0 Å². The molecule has 1 aliphatic heterocycles. The van der Waals surface area contributed by atoms with Gasteiger partial charge in [0, 0.05) is 6.21 Å². The summed E-state index contributed by atoms with van der Waals surface area (Å²) in [5.74, 6) is -0.264. The van der Waals surface area contributed by atoms with E-state index in [1.165, 1.54) is 0 Å². The van der Waals surface area contributed by atoms with E-state index in [1.807, 2.05) is 10.8 Å². The molecule has 1 rings (SSSR count). The average Bonchev–Trinajstić information content (AvgIpc) is 2.57. The molecule has 0 saturated heterocycles. The second kappa shape index (κ2) is 6.10. The Balaban J connectivity index is 2.13. The number of aliphatic imine (C=N–C) groups is 1. The molecule has 13 heavy (non-hydrogen) atoms. The lowest BCUT2D eigenvalue weighted by atomic mass is 10.6. The van der Waals surface area contributed by atoms with Crippen molar-refractivity contribution in [1.29, 1.82) is 0 Å². The molecule has 0 aliphatic carbocycles. The van der Waals surface area contributed by atoms with Crippen molar-refractivity contribution >= 4 is 35.7 Å². The molecule has 1 aliphatic rings.